The SMILES string of the molecule is COC(=O)c1ccc(C(=O)NCC(C)(C)N2CCc3ccccc3C2)nc1. The van der Waals surface area contributed by atoms with Crippen molar-refractivity contribution in [2.24, 2.45) is 0 Å². The molecule has 0 unspecified atom stereocenters. The Hall–Kier alpha value is -2.73. The molecule has 1 aliphatic rings. The third-order valence-corrected chi connectivity index (χ3v) is 5.09. The smallest absolute Gasteiger partial charge is 0.339 e. The Morgan fingerprint density at radius 1 is 1.19 bits per heavy atom. The molecule has 3 rings (SSSR count). The van der Waals surface area contributed by atoms with Gasteiger partial charge in [0.15, 0.2) is 0 Å². The molecule has 1 aliphatic heterocycles. The molecule has 142 valence electrons. The van der Waals surface area contributed by atoms with Crippen LogP contribution in [-0.2, 0) is 17.7 Å². The van der Waals surface area contributed by atoms with Crippen LogP contribution in [0.4, 0.5) is 0 Å². The van der Waals surface area contributed by atoms with E-state index in [1.165, 1.54) is 30.5 Å². The fourth-order valence-electron chi connectivity index (χ4n) is 3.28. The molecule has 6 nitrogen and oxygen atoms in total. The number of hydrogen-bond acceptors (Lipinski definition) is 5. The van der Waals surface area contributed by atoms with E-state index >= 15 is 0 Å². The zero-order chi connectivity index (χ0) is 19.4. The summed E-state index contributed by atoms with van der Waals surface area (Å²) in [5.41, 5.74) is 3.17. The van der Waals surface area contributed by atoms with Crippen molar-refractivity contribution < 1.29 is 14.3 Å². The molecule has 6 heteroatoms. The van der Waals surface area contributed by atoms with Gasteiger partial charge in [0.05, 0.1) is 12.7 Å². The molecule has 27 heavy (non-hydrogen) atoms. The fraction of sp³-hybridized carbons (Fsp3) is 0.381. The third-order valence-electron chi connectivity index (χ3n) is 5.09. The summed E-state index contributed by atoms with van der Waals surface area (Å²) in [7, 11) is 1.31. The van der Waals surface area contributed by atoms with Crippen LogP contribution in [0.1, 0.15) is 45.8 Å². The summed E-state index contributed by atoms with van der Waals surface area (Å²) < 4.78 is 4.64. The topological polar surface area (TPSA) is 71.5 Å². The van der Waals surface area contributed by atoms with Crippen LogP contribution in [0, 0.1) is 0 Å². The van der Waals surface area contributed by atoms with Crippen molar-refractivity contribution in [2.45, 2.75) is 32.4 Å². The second-order valence-corrected chi connectivity index (χ2v) is 7.36. The number of carbonyl (C=O) groups excluding carboxylic acids is 2. The molecule has 1 aromatic heterocycles. The maximum Gasteiger partial charge on any atom is 0.339 e. The summed E-state index contributed by atoms with van der Waals surface area (Å²) in [6.07, 6.45) is 2.37. The third kappa shape index (κ3) is 4.34. The lowest BCUT2D eigenvalue weighted by atomic mass is 9.94. The molecular weight excluding hydrogens is 342 g/mol. The molecule has 0 bridgehead atoms. The zero-order valence-corrected chi connectivity index (χ0v) is 16.0. The highest BCUT2D eigenvalue weighted by atomic mass is 16.5. The van der Waals surface area contributed by atoms with E-state index in [1.54, 1.807) is 6.07 Å². The molecule has 0 saturated carbocycles. The van der Waals surface area contributed by atoms with Gasteiger partial charge in [-0.1, -0.05) is 24.3 Å². The number of nitrogens with zero attached hydrogens (tertiary/aromatic N) is 2. The van der Waals surface area contributed by atoms with E-state index in [1.807, 2.05) is 0 Å². The summed E-state index contributed by atoms with van der Waals surface area (Å²) in [4.78, 5) is 30.3. The van der Waals surface area contributed by atoms with Crippen molar-refractivity contribution in [3.8, 4) is 0 Å². The van der Waals surface area contributed by atoms with Gasteiger partial charge < -0.3 is 10.1 Å². The lowest BCUT2D eigenvalue weighted by molar-refractivity contribution is 0.0599. The summed E-state index contributed by atoms with van der Waals surface area (Å²) in [6.45, 7) is 6.62. The van der Waals surface area contributed by atoms with Gasteiger partial charge in [0.25, 0.3) is 5.91 Å². The number of benzene rings is 1. The second-order valence-electron chi connectivity index (χ2n) is 7.36. The van der Waals surface area contributed by atoms with E-state index in [-0.39, 0.29) is 17.1 Å². The Balaban J connectivity index is 1.60. The van der Waals surface area contributed by atoms with Gasteiger partial charge in [-0.25, -0.2) is 4.79 Å². The number of pyridine rings is 1. The Kier molecular flexibility index (Phi) is 5.56. The van der Waals surface area contributed by atoms with Crippen LogP contribution in [-0.4, -0.2) is 47.5 Å². The molecule has 1 N–H and O–H groups in total. The minimum Gasteiger partial charge on any atom is -0.465 e. The first-order valence-electron chi connectivity index (χ1n) is 9.05. The lowest BCUT2D eigenvalue weighted by Gasteiger charge is -2.41. The normalized spacial score (nSPS) is 14.3. The number of nitrogens with one attached hydrogen (secondary N) is 1. The van der Waals surface area contributed by atoms with Gasteiger partial charge in [-0.3, -0.25) is 14.7 Å². The maximum absolute atomic E-state index is 12.4. The summed E-state index contributed by atoms with van der Waals surface area (Å²) in [5, 5.41) is 2.96. The number of methoxy groups -OCH3 is 1. The van der Waals surface area contributed by atoms with Gasteiger partial charge in [-0.15, -0.1) is 0 Å². The zero-order valence-electron chi connectivity index (χ0n) is 16.0. The lowest BCUT2D eigenvalue weighted by Crippen LogP contribution is -2.53. The average Bonchev–Trinajstić information content (AvgIpc) is 2.71. The molecule has 2 aromatic rings. The van der Waals surface area contributed by atoms with Gasteiger partial charge in [0, 0.05) is 31.4 Å². The number of hydrogen-bond donors (Lipinski definition) is 1. The molecule has 1 aromatic carbocycles. The van der Waals surface area contributed by atoms with Gasteiger partial charge in [0.2, 0.25) is 0 Å². The molecule has 0 spiro atoms. The molecule has 0 saturated heterocycles. The number of ether oxygens (including phenoxy) is 1. The second kappa shape index (κ2) is 7.88. The minimum absolute atomic E-state index is 0.185. The number of fused-ring (bicyclic) bond motifs is 1. The number of esters is 1. The Bertz CT molecular complexity index is 831. The van der Waals surface area contributed by atoms with Crippen LogP contribution in [0.2, 0.25) is 0 Å². The maximum atomic E-state index is 12.4. The van der Waals surface area contributed by atoms with Crippen molar-refractivity contribution in [3.05, 3.63) is 65.0 Å². The monoisotopic (exact) mass is 367 g/mol. The van der Waals surface area contributed by atoms with Crippen molar-refractivity contribution in [1.82, 2.24) is 15.2 Å². The molecular formula is C21H25N3O3. The van der Waals surface area contributed by atoms with Gasteiger partial charge >= 0.3 is 5.97 Å². The quantitative estimate of drug-likeness (QED) is 0.822. The summed E-state index contributed by atoms with van der Waals surface area (Å²) >= 11 is 0. The first kappa shape index (κ1) is 19.0. The van der Waals surface area contributed by atoms with Crippen LogP contribution in [0.5, 0.6) is 0 Å². The molecule has 2 heterocycles. The predicted molar refractivity (Wildman–Crippen MR) is 103 cm³/mol. The Labute approximate surface area is 159 Å². The van der Waals surface area contributed by atoms with E-state index < -0.39 is 5.97 Å². The van der Waals surface area contributed by atoms with Crippen molar-refractivity contribution in [1.29, 1.82) is 0 Å². The number of carbonyl (C=O) groups is 2. The molecule has 0 fully saturated rings. The van der Waals surface area contributed by atoms with E-state index in [9.17, 15) is 9.59 Å². The van der Waals surface area contributed by atoms with Crippen molar-refractivity contribution >= 4 is 11.9 Å². The van der Waals surface area contributed by atoms with Crippen LogP contribution >= 0.6 is 0 Å². The Morgan fingerprint density at radius 3 is 2.59 bits per heavy atom. The van der Waals surface area contributed by atoms with Gasteiger partial charge in [0.1, 0.15) is 5.69 Å². The predicted octanol–water partition coefficient (Wildman–Crippen LogP) is 2.43. The van der Waals surface area contributed by atoms with Crippen LogP contribution in [0.3, 0.4) is 0 Å². The van der Waals surface area contributed by atoms with E-state index in [4.69, 9.17) is 0 Å². The molecule has 1 amide bonds. The largest absolute Gasteiger partial charge is 0.465 e. The number of rotatable bonds is 5. The van der Waals surface area contributed by atoms with Gasteiger partial charge in [-0.05, 0) is 43.5 Å². The first-order chi connectivity index (χ1) is 12.9. The van der Waals surface area contributed by atoms with E-state index in [0.717, 1.165) is 19.5 Å². The van der Waals surface area contributed by atoms with Crippen LogP contribution in [0.15, 0.2) is 42.6 Å². The Morgan fingerprint density at radius 2 is 1.93 bits per heavy atom. The fourth-order valence-corrected chi connectivity index (χ4v) is 3.28. The van der Waals surface area contributed by atoms with Crippen molar-refractivity contribution in [3.63, 3.8) is 0 Å². The summed E-state index contributed by atoms with van der Waals surface area (Å²) in [5.74, 6) is -0.724. The van der Waals surface area contributed by atoms with Crippen LogP contribution < -0.4 is 5.32 Å². The highest BCUT2D eigenvalue weighted by molar-refractivity contribution is 5.94. The van der Waals surface area contributed by atoms with Gasteiger partial charge in [-0.2, -0.15) is 0 Å². The molecule has 0 radical (unpaired) electrons. The minimum atomic E-state index is -0.471. The molecule has 0 atom stereocenters. The standard InChI is InChI=1S/C21H25N3O3/c1-21(2,24-11-10-15-6-4-5-7-17(15)13-24)14-23-19(25)18-9-8-16(12-22-18)20(26)27-3/h4-9,12H,10-11,13-14H2,1-3H3,(H,23,25). The first-order valence-corrected chi connectivity index (χ1v) is 9.05. The van der Waals surface area contributed by atoms with Crippen LogP contribution in [0.25, 0.3) is 0 Å². The highest BCUT2D eigenvalue weighted by Crippen LogP contribution is 2.25. The van der Waals surface area contributed by atoms with E-state index in [2.05, 4.69) is 58.1 Å². The number of aromatic nitrogens is 1. The molecule has 0 aliphatic carbocycles. The summed E-state index contributed by atoms with van der Waals surface area (Å²) in [6, 6.07) is 11.6. The number of amides is 1. The highest BCUT2D eigenvalue weighted by Gasteiger charge is 2.30. The average molecular weight is 367 g/mol. The van der Waals surface area contributed by atoms with E-state index in [0.29, 0.717) is 12.1 Å². The van der Waals surface area contributed by atoms with Crippen molar-refractivity contribution in [2.75, 3.05) is 20.2 Å².